The van der Waals surface area contributed by atoms with Crippen LogP contribution in [-0.2, 0) is 11.4 Å². The zero-order chi connectivity index (χ0) is 13.4. The van der Waals surface area contributed by atoms with E-state index in [9.17, 15) is 0 Å². The number of nitrogens with zero attached hydrogens (tertiary/aromatic N) is 4. The molecule has 0 unspecified atom stereocenters. The molecule has 3 rings (SSSR count). The molecule has 0 atom stereocenters. The van der Waals surface area contributed by atoms with Crippen molar-refractivity contribution in [2.24, 2.45) is 8.73 Å². The van der Waals surface area contributed by atoms with Crippen molar-refractivity contribution in [1.29, 1.82) is 0 Å². The summed E-state index contributed by atoms with van der Waals surface area (Å²) >= 11 is 13.3. The minimum absolute atomic E-state index is 0.357. The van der Waals surface area contributed by atoms with E-state index in [1.165, 1.54) is 6.33 Å². The van der Waals surface area contributed by atoms with Crippen LogP contribution in [0.1, 0.15) is 0 Å². The molecule has 1 aliphatic rings. The van der Waals surface area contributed by atoms with E-state index in [0.717, 1.165) is 11.4 Å². The Kier molecular flexibility index (Phi) is 3.09. The van der Waals surface area contributed by atoms with E-state index in [1.807, 2.05) is 0 Å². The van der Waals surface area contributed by atoms with Crippen molar-refractivity contribution in [3.63, 3.8) is 0 Å². The van der Waals surface area contributed by atoms with Gasteiger partial charge < -0.3 is 11.1 Å². The topological polar surface area (TPSA) is 88.5 Å². The molecule has 0 saturated heterocycles. The summed E-state index contributed by atoms with van der Waals surface area (Å²) in [6.45, 7) is 0. The molecule has 2 aromatic rings. The summed E-state index contributed by atoms with van der Waals surface area (Å²) in [5.41, 5.74) is 7.38. The Morgan fingerprint density at radius 1 is 1.05 bits per heavy atom. The van der Waals surface area contributed by atoms with Gasteiger partial charge in [-0.2, -0.15) is 8.73 Å². The van der Waals surface area contributed by atoms with E-state index in [0.29, 0.717) is 38.7 Å². The molecule has 3 N–H and O–H groups in total. The molecular formula is C10H6Cl2N6S. The Balaban J connectivity index is 2.07. The van der Waals surface area contributed by atoms with Gasteiger partial charge in [0.15, 0.2) is 0 Å². The van der Waals surface area contributed by atoms with Gasteiger partial charge in [0.05, 0.1) is 27.1 Å². The Morgan fingerprint density at radius 2 is 1.84 bits per heavy atom. The van der Waals surface area contributed by atoms with Gasteiger partial charge in [0, 0.05) is 6.07 Å². The first-order valence-corrected chi connectivity index (χ1v) is 6.58. The summed E-state index contributed by atoms with van der Waals surface area (Å²) in [6.07, 6.45) is 1.36. The van der Waals surface area contributed by atoms with Gasteiger partial charge in [-0.1, -0.05) is 23.2 Å². The fourth-order valence-electron chi connectivity index (χ4n) is 1.56. The number of fused-ring (bicyclic) bond motifs is 1. The quantitative estimate of drug-likeness (QED) is 0.752. The number of aromatic nitrogens is 2. The van der Waals surface area contributed by atoms with E-state index in [-0.39, 0.29) is 0 Å². The average molecular weight is 313 g/mol. The molecule has 0 bridgehead atoms. The molecule has 0 fully saturated rings. The second-order valence-corrected chi connectivity index (χ2v) is 4.97. The largest absolute Gasteiger partial charge is 0.384 e. The van der Waals surface area contributed by atoms with Crippen LogP contribution in [0.2, 0.25) is 10.0 Å². The standard InChI is InChI=1S/C10H6Cl2N6S/c11-4-1-5(12)9-10(18-19-17-9)8(4)16-7-2-6(13)14-3-15-7/h1-3H,(H3,13,14,15,16). The predicted molar refractivity (Wildman–Crippen MR) is 77.7 cm³/mol. The maximum atomic E-state index is 6.17. The number of nitrogens with two attached hydrogens (primary N) is 1. The van der Waals surface area contributed by atoms with Gasteiger partial charge in [0.2, 0.25) is 0 Å². The number of benzene rings is 1. The first-order chi connectivity index (χ1) is 9.15. The Bertz CT molecular complexity index is 741. The van der Waals surface area contributed by atoms with Crippen LogP contribution in [-0.4, -0.2) is 9.97 Å². The fraction of sp³-hybridized carbons (Fsp3) is 0. The van der Waals surface area contributed by atoms with Crippen molar-refractivity contribution >= 4 is 63.3 Å². The van der Waals surface area contributed by atoms with Gasteiger partial charge in [-0.05, 0) is 6.07 Å². The van der Waals surface area contributed by atoms with E-state index in [2.05, 4.69) is 24.0 Å². The second-order valence-electron chi connectivity index (χ2n) is 3.63. The molecule has 19 heavy (non-hydrogen) atoms. The maximum absolute atomic E-state index is 6.17. The third kappa shape index (κ3) is 2.27. The highest BCUT2D eigenvalue weighted by Gasteiger charge is 2.19. The van der Waals surface area contributed by atoms with Gasteiger partial charge in [-0.15, -0.1) is 0 Å². The van der Waals surface area contributed by atoms with Crippen LogP contribution in [0.5, 0.6) is 0 Å². The van der Waals surface area contributed by atoms with Crippen molar-refractivity contribution in [3.8, 4) is 0 Å². The van der Waals surface area contributed by atoms with E-state index >= 15 is 0 Å². The molecule has 0 spiro atoms. The highest BCUT2D eigenvalue weighted by molar-refractivity contribution is 7.58. The maximum Gasteiger partial charge on any atom is 0.135 e. The third-order valence-electron chi connectivity index (χ3n) is 2.39. The van der Waals surface area contributed by atoms with Crippen molar-refractivity contribution in [1.82, 2.24) is 9.97 Å². The van der Waals surface area contributed by atoms with Crippen LogP contribution < -0.4 is 11.1 Å². The number of hydrogen-bond donors (Lipinski definition) is 2. The highest BCUT2D eigenvalue weighted by Crippen LogP contribution is 2.48. The molecule has 1 aliphatic heterocycles. The second kappa shape index (κ2) is 4.76. The zero-order valence-corrected chi connectivity index (χ0v) is 11.6. The Hall–Kier alpha value is -1.70. The molecule has 1 aromatic carbocycles. The average Bonchev–Trinajstić information content (AvgIpc) is 2.84. The summed E-state index contributed by atoms with van der Waals surface area (Å²) in [4.78, 5) is 7.87. The highest BCUT2D eigenvalue weighted by atomic mass is 35.5. The SMILES string of the molecule is Nc1cc(Nc2c(Cl)cc(Cl)c3c2N=S=N3)ncn1. The van der Waals surface area contributed by atoms with Crippen molar-refractivity contribution in [3.05, 3.63) is 28.5 Å². The van der Waals surface area contributed by atoms with E-state index < -0.39 is 0 Å². The van der Waals surface area contributed by atoms with Crippen LogP contribution in [0.15, 0.2) is 27.2 Å². The molecule has 0 saturated carbocycles. The van der Waals surface area contributed by atoms with Gasteiger partial charge in [0.1, 0.15) is 29.3 Å². The number of nitrogens with one attached hydrogen (secondary N) is 1. The summed E-state index contributed by atoms with van der Waals surface area (Å²) in [5.74, 6) is 0.876. The lowest BCUT2D eigenvalue weighted by molar-refractivity contribution is 1.18. The Morgan fingerprint density at radius 3 is 2.63 bits per heavy atom. The predicted octanol–water partition coefficient (Wildman–Crippen LogP) is 3.84. The number of anilines is 3. The first-order valence-electron chi connectivity index (χ1n) is 5.10. The van der Waals surface area contributed by atoms with Gasteiger partial charge in [-0.25, -0.2) is 9.97 Å². The normalized spacial score (nSPS) is 12.1. The molecular weight excluding hydrogens is 307 g/mol. The van der Waals surface area contributed by atoms with Gasteiger partial charge >= 0.3 is 0 Å². The molecule has 96 valence electrons. The number of halogens is 2. The van der Waals surface area contributed by atoms with E-state index in [4.69, 9.17) is 28.9 Å². The minimum atomic E-state index is 0.357. The van der Waals surface area contributed by atoms with Gasteiger partial charge in [0.25, 0.3) is 0 Å². The van der Waals surface area contributed by atoms with Crippen LogP contribution in [0, 0.1) is 0 Å². The summed E-state index contributed by atoms with van der Waals surface area (Å²) < 4.78 is 8.31. The molecule has 1 aromatic heterocycles. The molecule has 0 aliphatic carbocycles. The van der Waals surface area contributed by atoms with Crippen molar-refractivity contribution in [2.75, 3.05) is 11.1 Å². The van der Waals surface area contributed by atoms with Crippen LogP contribution in [0.25, 0.3) is 0 Å². The van der Waals surface area contributed by atoms with E-state index in [1.54, 1.807) is 12.1 Å². The van der Waals surface area contributed by atoms with Crippen LogP contribution in [0.3, 0.4) is 0 Å². The van der Waals surface area contributed by atoms with Gasteiger partial charge in [-0.3, -0.25) is 0 Å². The first kappa shape index (κ1) is 12.3. The van der Waals surface area contributed by atoms with Crippen LogP contribution >= 0.6 is 23.2 Å². The summed E-state index contributed by atoms with van der Waals surface area (Å²) in [6, 6.07) is 3.20. The molecule has 0 amide bonds. The van der Waals surface area contributed by atoms with Crippen LogP contribution in [0.4, 0.5) is 28.7 Å². The molecule has 0 radical (unpaired) electrons. The molecule has 2 heterocycles. The van der Waals surface area contributed by atoms with Crippen molar-refractivity contribution < 1.29 is 0 Å². The monoisotopic (exact) mass is 312 g/mol. The zero-order valence-electron chi connectivity index (χ0n) is 9.26. The number of rotatable bonds is 2. The van der Waals surface area contributed by atoms with Crippen molar-refractivity contribution in [2.45, 2.75) is 0 Å². The summed E-state index contributed by atoms with van der Waals surface area (Å²) in [7, 11) is 0. The Labute approximate surface area is 121 Å². The lowest BCUT2D eigenvalue weighted by atomic mass is 10.2. The number of nitrogen functional groups attached to an aromatic ring is 1. The smallest absolute Gasteiger partial charge is 0.135 e. The lowest BCUT2D eigenvalue weighted by Crippen LogP contribution is -1.98. The fourth-order valence-corrected chi connectivity index (χ4v) is 2.72. The lowest BCUT2D eigenvalue weighted by Gasteiger charge is -2.11. The third-order valence-corrected chi connectivity index (χ3v) is 3.50. The minimum Gasteiger partial charge on any atom is -0.384 e. The molecule has 9 heteroatoms. The number of hydrogen-bond acceptors (Lipinski definition) is 6. The summed E-state index contributed by atoms with van der Waals surface area (Å²) in [5, 5.41) is 3.94. The molecule has 6 nitrogen and oxygen atoms in total.